The molecular weight excluding hydrogens is 389 g/mol. The van der Waals surface area contributed by atoms with Gasteiger partial charge in [-0.05, 0) is 30.3 Å². The molecular formula is C18H22FN3O5S. The summed E-state index contributed by atoms with van der Waals surface area (Å²) < 4.78 is 45.4. The number of sulfonamides is 1. The average Bonchev–Trinajstić information content (AvgIpc) is 3.19. The fraction of sp³-hybridized carbons (Fsp3) is 0.333. The maximum Gasteiger partial charge on any atom is 0.254 e. The minimum Gasteiger partial charge on any atom is -0.467 e. The van der Waals surface area contributed by atoms with Crippen molar-refractivity contribution in [3.63, 3.8) is 0 Å². The highest BCUT2D eigenvalue weighted by Gasteiger charge is 2.24. The number of amides is 2. The molecule has 2 rings (SSSR count). The smallest absolute Gasteiger partial charge is 0.254 e. The topological polar surface area (TPSA) is 109 Å². The Labute approximate surface area is 162 Å². The van der Waals surface area contributed by atoms with E-state index in [2.05, 4.69) is 10.6 Å². The van der Waals surface area contributed by atoms with Gasteiger partial charge in [-0.15, -0.1) is 0 Å². The molecule has 2 aromatic rings. The molecule has 0 bridgehead atoms. The van der Waals surface area contributed by atoms with E-state index in [1.807, 2.05) is 0 Å². The van der Waals surface area contributed by atoms with E-state index in [9.17, 15) is 22.4 Å². The first-order chi connectivity index (χ1) is 13.3. The van der Waals surface area contributed by atoms with Gasteiger partial charge in [0.1, 0.15) is 11.6 Å². The van der Waals surface area contributed by atoms with E-state index in [1.165, 1.54) is 10.6 Å². The van der Waals surface area contributed by atoms with Crippen molar-refractivity contribution in [3.05, 3.63) is 53.7 Å². The second kappa shape index (κ2) is 9.47. The zero-order valence-electron chi connectivity index (χ0n) is 15.6. The molecule has 0 spiro atoms. The highest BCUT2D eigenvalue weighted by Crippen LogP contribution is 2.19. The Bertz CT molecular complexity index is 925. The monoisotopic (exact) mass is 411 g/mol. The second-order valence-electron chi connectivity index (χ2n) is 5.77. The number of nitrogens with one attached hydrogen (secondary N) is 2. The summed E-state index contributed by atoms with van der Waals surface area (Å²) in [6.45, 7) is 3.60. The van der Waals surface area contributed by atoms with Gasteiger partial charge in [0.15, 0.2) is 0 Å². The van der Waals surface area contributed by atoms with Gasteiger partial charge in [-0.1, -0.05) is 13.8 Å². The van der Waals surface area contributed by atoms with Crippen LogP contribution in [0, 0.1) is 5.82 Å². The van der Waals surface area contributed by atoms with Crippen molar-refractivity contribution in [2.45, 2.75) is 25.3 Å². The van der Waals surface area contributed by atoms with Gasteiger partial charge in [-0.2, -0.15) is 4.31 Å². The van der Waals surface area contributed by atoms with Crippen molar-refractivity contribution in [1.29, 1.82) is 0 Å². The van der Waals surface area contributed by atoms with Crippen LogP contribution >= 0.6 is 0 Å². The average molecular weight is 411 g/mol. The number of nitrogens with zero attached hydrogens (tertiary/aromatic N) is 1. The lowest BCUT2D eigenvalue weighted by Gasteiger charge is -2.18. The lowest BCUT2D eigenvalue weighted by atomic mass is 10.2. The number of hydrogen-bond donors (Lipinski definition) is 2. The third-order valence-corrected chi connectivity index (χ3v) is 6.02. The Hall–Kier alpha value is -2.72. The van der Waals surface area contributed by atoms with E-state index in [0.29, 0.717) is 5.76 Å². The summed E-state index contributed by atoms with van der Waals surface area (Å²) in [4.78, 5) is 23.8. The van der Waals surface area contributed by atoms with Crippen molar-refractivity contribution < 1.29 is 26.8 Å². The standard InChI is InChI=1S/C18H22FN3O5S/c1-3-22(4-2)28(25,26)14-7-8-16(19)15(10-14)18(24)21-12-17(23)20-11-13-6-5-9-27-13/h5-10H,3-4,11-12H2,1-2H3,(H,20,23)(H,21,24). The van der Waals surface area contributed by atoms with E-state index in [1.54, 1.807) is 26.0 Å². The molecule has 0 aliphatic rings. The summed E-state index contributed by atoms with van der Waals surface area (Å²) in [5, 5.41) is 4.80. The molecule has 0 fully saturated rings. The highest BCUT2D eigenvalue weighted by atomic mass is 32.2. The van der Waals surface area contributed by atoms with Crippen molar-refractivity contribution in [3.8, 4) is 0 Å². The first-order valence-electron chi connectivity index (χ1n) is 8.66. The van der Waals surface area contributed by atoms with E-state index in [4.69, 9.17) is 4.42 Å². The molecule has 28 heavy (non-hydrogen) atoms. The lowest BCUT2D eigenvalue weighted by molar-refractivity contribution is -0.120. The van der Waals surface area contributed by atoms with E-state index in [-0.39, 0.29) is 24.5 Å². The predicted molar refractivity (Wildman–Crippen MR) is 99.4 cm³/mol. The van der Waals surface area contributed by atoms with Crippen molar-refractivity contribution in [2.24, 2.45) is 0 Å². The van der Waals surface area contributed by atoms with Gasteiger partial charge in [0.2, 0.25) is 15.9 Å². The number of hydrogen-bond acceptors (Lipinski definition) is 5. The first kappa shape index (κ1) is 21.6. The van der Waals surface area contributed by atoms with E-state index in [0.717, 1.165) is 18.2 Å². The Morgan fingerprint density at radius 1 is 1.14 bits per heavy atom. The van der Waals surface area contributed by atoms with E-state index < -0.39 is 39.8 Å². The molecule has 0 saturated heterocycles. The summed E-state index contributed by atoms with van der Waals surface area (Å²) in [6, 6.07) is 6.35. The van der Waals surface area contributed by atoms with Gasteiger partial charge in [-0.25, -0.2) is 12.8 Å². The van der Waals surface area contributed by atoms with Gasteiger partial charge in [0.25, 0.3) is 5.91 Å². The van der Waals surface area contributed by atoms with Crippen LogP contribution < -0.4 is 10.6 Å². The number of carbonyl (C=O) groups is 2. The molecule has 1 aromatic heterocycles. The summed E-state index contributed by atoms with van der Waals surface area (Å²) >= 11 is 0. The molecule has 2 N–H and O–H groups in total. The predicted octanol–water partition coefficient (Wildman–Crippen LogP) is 1.50. The van der Waals surface area contributed by atoms with Gasteiger partial charge >= 0.3 is 0 Å². The highest BCUT2D eigenvalue weighted by molar-refractivity contribution is 7.89. The minimum atomic E-state index is -3.84. The molecule has 0 unspecified atom stereocenters. The lowest BCUT2D eigenvalue weighted by Crippen LogP contribution is -2.37. The van der Waals surface area contributed by atoms with Crippen molar-refractivity contribution >= 4 is 21.8 Å². The van der Waals surface area contributed by atoms with Crippen molar-refractivity contribution in [1.82, 2.24) is 14.9 Å². The van der Waals surface area contributed by atoms with Crippen molar-refractivity contribution in [2.75, 3.05) is 19.6 Å². The van der Waals surface area contributed by atoms with Crippen LogP contribution in [-0.2, 0) is 21.4 Å². The van der Waals surface area contributed by atoms with Gasteiger partial charge in [0, 0.05) is 13.1 Å². The number of rotatable bonds is 9. The molecule has 2 amide bonds. The van der Waals surface area contributed by atoms with Crippen LogP contribution in [0.25, 0.3) is 0 Å². The summed E-state index contributed by atoms with van der Waals surface area (Å²) in [7, 11) is -3.84. The second-order valence-corrected chi connectivity index (χ2v) is 7.71. The van der Waals surface area contributed by atoms with Gasteiger partial charge in [-0.3, -0.25) is 9.59 Å². The van der Waals surface area contributed by atoms with Crippen LogP contribution in [0.2, 0.25) is 0 Å². The van der Waals surface area contributed by atoms with Gasteiger partial charge in [0.05, 0.1) is 29.8 Å². The fourth-order valence-corrected chi connectivity index (χ4v) is 3.95. The molecule has 8 nitrogen and oxygen atoms in total. The van der Waals surface area contributed by atoms with E-state index >= 15 is 0 Å². The Morgan fingerprint density at radius 2 is 1.86 bits per heavy atom. The fourth-order valence-electron chi connectivity index (χ4n) is 2.47. The summed E-state index contributed by atoms with van der Waals surface area (Å²) in [5.41, 5.74) is -0.452. The number of halogens is 1. The molecule has 0 aliphatic carbocycles. The molecule has 1 aromatic carbocycles. The van der Waals surface area contributed by atoms with Crippen LogP contribution in [0.3, 0.4) is 0 Å². The number of carbonyl (C=O) groups excluding carboxylic acids is 2. The van der Waals surface area contributed by atoms with Crippen LogP contribution in [-0.4, -0.2) is 44.2 Å². The zero-order valence-corrected chi connectivity index (χ0v) is 16.4. The molecule has 0 atom stereocenters. The van der Waals surface area contributed by atoms with Crippen LogP contribution in [0.15, 0.2) is 45.9 Å². The Kier molecular flexibility index (Phi) is 7.30. The quantitative estimate of drug-likeness (QED) is 0.650. The first-order valence-corrected chi connectivity index (χ1v) is 10.1. The molecule has 1 heterocycles. The van der Waals surface area contributed by atoms with Crippen LogP contribution in [0.4, 0.5) is 4.39 Å². The number of benzene rings is 1. The molecule has 152 valence electrons. The normalized spacial score (nSPS) is 11.4. The summed E-state index contributed by atoms with van der Waals surface area (Å²) in [5.74, 6) is -1.73. The SMILES string of the molecule is CCN(CC)S(=O)(=O)c1ccc(F)c(C(=O)NCC(=O)NCc2ccco2)c1. The molecule has 0 saturated carbocycles. The number of furan rings is 1. The maximum atomic E-state index is 14.0. The Morgan fingerprint density at radius 3 is 2.46 bits per heavy atom. The third-order valence-electron chi connectivity index (χ3n) is 3.98. The summed E-state index contributed by atoms with van der Waals surface area (Å²) in [6.07, 6.45) is 1.46. The van der Waals surface area contributed by atoms with Gasteiger partial charge < -0.3 is 15.1 Å². The Balaban J connectivity index is 2.05. The molecule has 0 radical (unpaired) electrons. The third kappa shape index (κ3) is 5.17. The maximum absolute atomic E-state index is 14.0. The molecule has 10 heteroatoms. The minimum absolute atomic E-state index is 0.146. The molecule has 0 aliphatic heterocycles. The largest absolute Gasteiger partial charge is 0.467 e. The zero-order chi connectivity index (χ0) is 20.7. The van der Waals surface area contributed by atoms with Crippen LogP contribution in [0.5, 0.6) is 0 Å². The van der Waals surface area contributed by atoms with Crippen LogP contribution in [0.1, 0.15) is 30.0 Å².